The van der Waals surface area contributed by atoms with Gasteiger partial charge in [-0.3, -0.25) is 5.43 Å². The van der Waals surface area contributed by atoms with E-state index in [-0.39, 0.29) is 0 Å². The lowest BCUT2D eigenvalue weighted by Gasteiger charge is -2.02. The summed E-state index contributed by atoms with van der Waals surface area (Å²) in [5, 5.41) is 4.95. The third-order valence-electron chi connectivity index (χ3n) is 2.17. The Morgan fingerprint density at radius 2 is 2.19 bits per heavy atom. The van der Waals surface area contributed by atoms with Crippen LogP contribution in [0.5, 0.6) is 0 Å². The van der Waals surface area contributed by atoms with Crippen molar-refractivity contribution in [2.24, 2.45) is 5.10 Å². The first-order chi connectivity index (χ1) is 7.75. The summed E-state index contributed by atoms with van der Waals surface area (Å²) in [4.78, 5) is 3.09. The normalized spacial score (nSPS) is 11.5. The highest BCUT2D eigenvalue weighted by atomic mass is 35.5. The molecule has 4 heteroatoms. The average Bonchev–Trinajstić information content (AvgIpc) is 2.79. The first kappa shape index (κ1) is 10.8. The number of hydrogen-bond acceptors (Lipinski definition) is 2. The van der Waals surface area contributed by atoms with Gasteiger partial charge in [0, 0.05) is 11.2 Å². The highest BCUT2D eigenvalue weighted by Gasteiger charge is 1.97. The molecule has 0 aliphatic rings. The van der Waals surface area contributed by atoms with E-state index in [1.165, 1.54) is 0 Å². The van der Waals surface area contributed by atoms with Gasteiger partial charge in [-0.1, -0.05) is 17.7 Å². The molecule has 0 saturated carbocycles. The number of H-pyrrole nitrogens is 1. The molecule has 2 N–H and O–H groups in total. The van der Waals surface area contributed by atoms with Gasteiger partial charge in [0.2, 0.25) is 0 Å². The van der Waals surface area contributed by atoms with Crippen molar-refractivity contribution in [3.63, 3.8) is 0 Å². The minimum Gasteiger partial charge on any atom is -0.360 e. The summed E-state index contributed by atoms with van der Waals surface area (Å²) < 4.78 is 0. The fourth-order valence-electron chi connectivity index (χ4n) is 1.32. The minimum atomic E-state index is 0.692. The number of hydrogen-bond donors (Lipinski definition) is 2. The molecular weight excluding hydrogens is 222 g/mol. The van der Waals surface area contributed by atoms with Crippen molar-refractivity contribution in [2.75, 3.05) is 5.43 Å². The molecule has 0 saturated heterocycles. The number of rotatable bonds is 3. The van der Waals surface area contributed by atoms with E-state index >= 15 is 0 Å². The van der Waals surface area contributed by atoms with E-state index < -0.39 is 0 Å². The topological polar surface area (TPSA) is 40.2 Å². The Balaban J connectivity index is 2.09. The lowest BCUT2D eigenvalue weighted by molar-refractivity contribution is 1.29. The first-order valence-electron chi connectivity index (χ1n) is 4.95. The van der Waals surface area contributed by atoms with Crippen LogP contribution in [0.1, 0.15) is 12.6 Å². The van der Waals surface area contributed by atoms with Gasteiger partial charge in [0.1, 0.15) is 0 Å². The van der Waals surface area contributed by atoms with Crippen LogP contribution in [0.4, 0.5) is 5.69 Å². The molecule has 0 bridgehead atoms. The molecule has 0 spiro atoms. The lowest BCUT2D eigenvalue weighted by Crippen LogP contribution is -1.99. The number of aromatic nitrogens is 1. The highest BCUT2D eigenvalue weighted by molar-refractivity contribution is 6.30. The van der Waals surface area contributed by atoms with Gasteiger partial charge in [-0.25, -0.2) is 0 Å². The van der Waals surface area contributed by atoms with E-state index in [0.29, 0.717) is 5.02 Å². The molecular formula is C12H12ClN3. The Labute approximate surface area is 99.1 Å². The second-order valence-corrected chi connectivity index (χ2v) is 3.84. The number of benzene rings is 1. The predicted octanol–water partition coefficient (Wildman–Crippen LogP) is 3.50. The quantitative estimate of drug-likeness (QED) is 0.618. The number of hydrazone groups is 1. The third kappa shape index (κ3) is 2.64. The van der Waals surface area contributed by atoms with Gasteiger partial charge >= 0.3 is 0 Å². The van der Waals surface area contributed by atoms with Crippen molar-refractivity contribution in [1.29, 1.82) is 0 Å². The van der Waals surface area contributed by atoms with E-state index in [1.807, 2.05) is 49.5 Å². The zero-order valence-corrected chi connectivity index (χ0v) is 9.62. The largest absolute Gasteiger partial charge is 0.360 e. The average molecular weight is 234 g/mol. The molecule has 0 aliphatic carbocycles. The smallest absolute Gasteiger partial charge is 0.0810 e. The molecule has 0 aliphatic heterocycles. The van der Waals surface area contributed by atoms with Crippen LogP contribution in [0, 0.1) is 0 Å². The van der Waals surface area contributed by atoms with Crippen LogP contribution in [-0.4, -0.2) is 10.7 Å². The van der Waals surface area contributed by atoms with Crippen LogP contribution < -0.4 is 5.43 Å². The summed E-state index contributed by atoms with van der Waals surface area (Å²) in [6, 6.07) is 11.4. The summed E-state index contributed by atoms with van der Waals surface area (Å²) in [6.07, 6.45) is 1.87. The maximum atomic E-state index is 5.87. The van der Waals surface area contributed by atoms with E-state index in [9.17, 15) is 0 Å². The van der Waals surface area contributed by atoms with Crippen molar-refractivity contribution in [1.82, 2.24) is 4.98 Å². The van der Waals surface area contributed by atoms with E-state index in [0.717, 1.165) is 17.1 Å². The monoisotopic (exact) mass is 233 g/mol. The fraction of sp³-hybridized carbons (Fsp3) is 0.0833. The molecule has 2 aromatic rings. The van der Waals surface area contributed by atoms with Gasteiger partial charge in [0.25, 0.3) is 0 Å². The molecule has 1 aromatic carbocycles. The summed E-state index contributed by atoms with van der Waals surface area (Å²) in [5.41, 5.74) is 5.72. The third-order valence-corrected chi connectivity index (χ3v) is 2.40. The molecule has 2 rings (SSSR count). The van der Waals surface area contributed by atoms with Crippen molar-refractivity contribution in [3.8, 4) is 0 Å². The number of halogens is 1. The molecule has 0 unspecified atom stereocenters. The van der Waals surface area contributed by atoms with E-state index in [1.54, 1.807) is 0 Å². The van der Waals surface area contributed by atoms with Crippen molar-refractivity contribution < 1.29 is 0 Å². The second-order valence-electron chi connectivity index (χ2n) is 3.40. The molecule has 0 fully saturated rings. The van der Waals surface area contributed by atoms with Crippen molar-refractivity contribution in [3.05, 3.63) is 53.3 Å². The number of anilines is 1. The van der Waals surface area contributed by atoms with Gasteiger partial charge in [-0.05, 0) is 37.3 Å². The zero-order valence-electron chi connectivity index (χ0n) is 8.87. The highest BCUT2D eigenvalue weighted by Crippen LogP contribution is 2.14. The SMILES string of the molecule is C/C(=N\Nc1cccc(Cl)c1)c1ccc[nH]1. The second kappa shape index (κ2) is 4.86. The van der Waals surface area contributed by atoms with Gasteiger partial charge in [-0.2, -0.15) is 5.10 Å². The Morgan fingerprint density at radius 3 is 2.88 bits per heavy atom. The molecule has 0 atom stereocenters. The lowest BCUT2D eigenvalue weighted by atomic mass is 10.3. The Morgan fingerprint density at radius 1 is 1.31 bits per heavy atom. The summed E-state index contributed by atoms with van der Waals surface area (Å²) in [5.74, 6) is 0. The molecule has 0 radical (unpaired) electrons. The van der Waals surface area contributed by atoms with Crippen LogP contribution in [-0.2, 0) is 0 Å². The van der Waals surface area contributed by atoms with E-state index in [2.05, 4.69) is 15.5 Å². The Bertz CT molecular complexity index is 489. The van der Waals surface area contributed by atoms with Gasteiger partial charge in [-0.15, -0.1) is 0 Å². The Kier molecular flexibility index (Phi) is 3.27. The van der Waals surface area contributed by atoms with Crippen molar-refractivity contribution >= 4 is 23.0 Å². The number of nitrogens with one attached hydrogen (secondary N) is 2. The van der Waals surface area contributed by atoms with Gasteiger partial charge in [0.15, 0.2) is 0 Å². The molecule has 16 heavy (non-hydrogen) atoms. The fourth-order valence-corrected chi connectivity index (χ4v) is 1.51. The molecule has 1 heterocycles. The Hall–Kier alpha value is -1.74. The summed E-state index contributed by atoms with van der Waals surface area (Å²) >= 11 is 5.87. The maximum absolute atomic E-state index is 5.87. The van der Waals surface area contributed by atoms with Crippen LogP contribution in [0.3, 0.4) is 0 Å². The minimum absolute atomic E-state index is 0.692. The van der Waals surface area contributed by atoms with Crippen LogP contribution in [0.15, 0.2) is 47.7 Å². The zero-order chi connectivity index (χ0) is 11.4. The predicted molar refractivity (Wildman–Crippen MR) is 68.1 cm³/mol. The van der Waals surface area contributed by atoms with Gasteiger partial charge < -0.3 is 4.98 Å². The van der Waals surface area contributed by atoms with Crippen LogP contribution in [0.2, 0.25) is 5.02 Å². The first-order valence-corrected chi connectivity index (χ1v) is 5.33. The maximum Gasteiger partial charge on any atom is 0.0810 e. The van der Waals surface area contributed by atoms with Crippen molar-refractivity contribution in [2.45, 2.75) is 6.92 Å². The van der Waals surface area contributed by atoms with Gasteiger partial charge in [0.05, 0.1) is 17.1 Å². The van der Waals surface area contributed by atoms with Crippen LogP contribution in [0.25, 0.3) is 0 Å². The number of nitrogens with zero attached hydrogens (tertiary/aromatic N) is 1. The summed E-state index contributed by atoms with van der Waals surface area (Å²) in [7, 11) is 0. The van der Waals surface area contributed by atoms with Crippen LogP contribution >= 0.6 is 11.6 Å². The molecule has 1 aromatic heterocycles. The number of aromatic amines is 1. The van der Waals surface area contributed by atoms with E-state index in [4.69, 9.17) is 11.6 Å². The summed E-state index contributed by atoms with van der Waals surface area (Å²) in [6.45, 7) is 1.93. The molecule has 3 nitrogen and oxygen atoms in total. The molecule has 0 amide bonds. The molecule has 82 valence electrons. The standard InChI is InChI=1S/C12H12ClN3/c1-9(12-6-3-7-14-12)15-16-11-5-2-4-10(13)8-11/h2-8,14,16H,1H3/b15-9+.